The third-order valence-corrected chi connectivity index (χ3v) is 2.87. The van der Waals surface area contributed by atoms with Crippen molar-refractivity contribution in [3.05, 3.63) is 24.3 Å². The molecule has 0 amide bonds. The summed E-state index contributed by atoms with van der Waals surface area (Å²) in [5, 5.41) is 0. The van der Waals surface area contributed by atoms with Gasteiger partial charge in [0.05, 0.1) is 6.10 Å². The molecule has 1 aromatic carbocycles. The first kappa shape index (κ1) is 10.5. The van der Waals surface area contributed by atoms with E-state index in [2.05, 4.69) is 38.5 Å². The van der Waals surface area contributed by atoms with Crippen LogP contribution in [0.3, 0.4) is 0 Å². The predicted octanol–water partition coefficient (Wildman–Crippen LogP) is 2.71. The fraction of sp³-hybridized carbons (Fsp3) is 0.455. The maximum Gasteiger partial charge on any atom is 0.196 e. The van der Waals surface area contributed by atoms with E-state index in [1.807, 2.05) is 12.1 Å². The Labute approximate surface area is 83.5 Å². The summed E-state index contributed by atoms with van der Waals surface area (Å²) >= 11 is 0. The van der Waals surface area contributed by atoms with E-state index in [-0.39, 0.29) is 17.0 Å². The lowest BCUT2D eigenvalue weighted by Crippen LogP contribution is -2.09. The first-order valence-electron chi connectivity index (χ1n) is 4.44. The average Bonchev–Trinajstić information content (AvgIpc) is 2.03. The normalized spacial score (nSPS) is 10.9. The molecule has 13 heavy (non-hydrogen) atoms. The van der Waals surface area contributed by atoms with E-state index in [0.717, 1.165) is 5.75 Å². The van der Waals surface area contributed by atoms with Crippen LogP contribution >= 0.6 is 0 Å². The molecule has 0 aliphatic carbocycles. The molecule has 0 aromatic heterocycles. The molecule has 1 aromatic rings. The van der Waals surface area contributed by atoms with Gasteiger partial charge in [-0.1, -0.05) is 12.1 Å². The fourth-order valence-corrected chi connectivity index (χ4v) is 2.01. The SMILES string of the molecule is CC(C)Oc1ccccc1[S+](C)C. The largest absolute Gasteiger partial charge is 0.486 e. The van der Waals surface area contributed by atoms with Crippen molar-refractivity contribution in [1.29, 1.82) is 0 Å². The average molecular weight is 197 g/mol. The van der Waals surface area contributed by atoms with E-state index in [0.29, 0.717) is 0 Å². The summed E-state index contributed by atoms with van der Waals surface area (Å²) in [5.41, 5.74) is 0. The Bertz CT molecular complexity index is 269. The quantitative estimate of drug-likeness (QED) is 0.677. The molecule has 0 heterocycles. The number of rotatable bonds is 3. The molecule has 0 aliphatic rings. The topological polar surface area (TPSA) is 9.23 Å². The zero-order valence-electron chi connectivity index (χ0n) is 8.70. The van der Waals surface area contributed by atoms with E-state index >= 15 is 0 Å². The van der Waals surface area contributed by atoms with Crippen LogP contribution in [-0.2, 0) is 10.9 Å². The highest BCUT2D eigenvalue weighted by Crippen LogP contribution is 2.24. The monoisotopic (exact) mass is 197 g/mol. The zero-order valence-corrected chi connectivity index (χ0v) is 9.52. The highest BCUT2D eigenvalue weighted by atomic mass is 32.2. The molecule has 1 nitrogen and oxygen atoms in total. The summed E-state index contributed by atoms with van der Waals surface area (Å²) in [7, 11) is 0.268. The first-order chi connectivity index (χ1) is 6.11. The van der Waals surface area contributed by atoms with Crippen LogP contribution in [0.4, 0.5) is 0 Å². The van der Waals surface area contributed by atoms with Crippen molar-refractivity contribution >= 4 is 10.9 Å². The lowest BCUT2D eigenvalue weighted by atomic mass is 10.3. The molecular formula is C11H17OS+. The van der Waals surface area contributed by atoms with Crippen molar-refractivity contribution in [2.45, 2.75) is 24.8 Å². The van der Waals surface area contributed by atoms with E-state index in [1.54, 1.807) is 0 Å². The minimum absolute atomic E-state index is 0.254. The van der Waals surface area contributed by atoms with Crippen LogP contribution < -0.4 is 4.74 Å². The van der Waals surface area contributed by atoms with Gasteiger partial charge in [-0.05, 0) is 26.0 Å². The summed E-state index contributed by atoms with van der Waals surface area (Å²) in [6.07, 6.45) is 4.68. The van der Waals surface area contributed by atoms with Crippen molar-refractivity contribution in [2.75, 3.05) is 12.5 Å². The Morgan fingerprint density at radius 2 is 1.77 bits per heavy atom. The highest BCUT2D eigenvalue weighted by Gasteiger charge is 2.15. The molecule has 0 N–H and O–H groups in total. The summed E-state index contributed by atoms with van der Waals surface area (Å²) in [6.45, 7) is 4.11. The second-order valence-electron chi connectivity index (χ2n) is 3.43. The van der Waals surface area contributed by atoms with Gasteiger partial charge in [0.25, 0.3) is 0 Å². The lowest BCUT2D eigenvalue weighted by molar-refractivity contribution is 0.236. The van der Waals surface area contributed by atoms with Gasteiger partial charge < -0.3 is 4.74 Å². The first-order valence-corrected chi connectivity index (χ1v) is 6.48. The van der Waals surface area contributed by atoms with E-state index < -0.39 is 0 Å². The molecular weight excluding hydrogens is 180 g/mol. The highest BCUT2D eigenvalue weighted by molar-refractivity contribution is 7.95. The maximum atomic E-state index is 5.71. The molecule has 0 aliphatic heterocycles. The Balaban J connectivity index is 2.91. The molecule has 72 valence electrons. The minimum Gasteiger partial charge on any atom is -0.486 e. The van der Waals surface area contributed by atoms with Gasteiger partial charge >= 0.3 is 0 Å². The zero-order chi connectivity index (χ0) is 9.84. The molecule has 0 spiro atoms. The maximum absolute atomic E-state index is 5.71. The van der Waals surface area contributed by atoms with E-state index in [1.165, 1.54) is 4.90 Å². The molecule has 0 unspecified atom stereocenters. The summed E-state index contributed by atoms with van der Waals surface area (Å²) in [4.78, 5) is 1.32. The van der Waals surface area contributed by atoms with Gasteiger partial charge in [-0.15, -0.1) is 0 Å². The van der Waals surface area contributed by atoms with Crippen molar-refractivity contribution < 1.29 is 4.74 Å². The van der Waals surface area contributed by atoms with Crippen molar-refractivity contribution in [3.63, 3.8) is 0 Å². The van der Waals surface area contributed by atoms with Crippen LogP contribution in [0, 0.1) is 0 Å². The number of hydrogen-bond donors (Lipinski definition) is 0. The number of para-hydroxylation sites is 1. The van der Waals surface area contributed by atoms with Gasteiger partial charge in [0.15, 0.2) is 10.6 Å². The van der Waals surface area contributed by atoms with Crippen LogP contribution in [0.15, 0.2) is 29.2 Å². The van der Waals surface area contributed by atoms with Gasteiger partial charge in [0.2, 0.25) is 0 Å². The van der Waals surface area contributed by atoms with Gasteiger partial charge in [-0.25, -0.2) is 0 Å². The smallest absolute Gasteiger partial charge is 0.196 e. The Morgan fingerprint density at radius 3 is 2.31 bits per heavy atom. The Morgan fingerprint density at radius 1 is 1.15 bits per heavy atom. The van der Waals surface area contributed by atoms with Crippen molar-refractivity contribution in [1.82, 2.24) is 0 Å². The molecule has 0 atom stereocenters. The lowest BCUT2D eigenvalue weighted by Gasteiger charge is -2.11. The van der Waals surface area contributed by atoms with Crippen LogP contribution in [-0.4, -0.2) is 18.6 Å². The Hall–Kier alpha value is -0.630. The number of ether oxygens (including phenoxy) is 1. The van der Waals surface area contributed by atoms with Crippen molar-refractivity contribution in [2.24, 2.45) is 0 Å². The van der Waals surface area contributed by atoms with Gasteiger partial charge in [-0.3, -0.25) is 0 Å². The summed E-state index contributed by atoms with van der Waals surface area (Å²) in [5.74, 6) is 1.03. The minimum atomic E-state index is 0.254. The van der Waals surface area contributed by atoms with Gasteiger partial charge in [-0.2, -0.15) is 0 Å². The molecule has 0 fully saturated rings. The Kier molecular flexibility index (Phi) is 3.67. The fourth-order valence-electron chi connectivity index (χ4n) is 1.14. The third kappa shape index (κ3) is 2.96. The van der Waals surface area contributed by atoms with Gasteiger partial charge in [0, 0.05) is 10.9 Å². The van der Waals surface area contributed by atoms with Crippen LogP contribution in [0.5, 0.6) is 5.75 Å². The summed E-state index contributed by atoms with van der Waals surface area (Å²) in [6, 6.07) is 8.27. The van der Waals surface area contributed by atoms with Gasteiger partial charge in [0.1, 0.15) is 12.5 Å². The molecule has 2 heteroatoms. The second-order valence-corrected chi connectivity index (χ2v) is 5.50. The van der Waals surface area contributed by atoms with Crippen LogP contribution in [0.1, 0.15) is 13.8 Å². The van der Waals surface area contributed by atoms with Crippen LogP contribution in [0.2, 0.25) is 0 Å². The molecule has 1 rings (SSSR count). The van der Waals surface area contributed by atoms with E-state index in [4.69, 9.17) is 4.74 Å². The number of hydrogen-bond acceptors (Lipinski definition) is 1. The van der Waals surface area contributed by atoms with Crippen LogP contribution in [0.25, 0.3) is 0 Å². The number of benzene rings is 1. The predicted molar refractivity (Wildman–Crippen MR) is 59.7 cm³/mol. The molecule has 0 saturated carbocycles. The molecule has 0 bridgehead atoms. The summed E-state index contributed by atoms with van der Waals surface area (Å²) < 4.78 is 5.71. The molecule has 0 saturated heterocycles. The van der Waals surface area contributed by atoms with E-state index in [9.17, 15) is 0 Å². The third-order valence-electron chi connectivity index (χ3n) is 1.65. The van der Waals surface area contributed by atoms with Crippen molar-refractivity contribution in [3.8, 4) is 5.75 Å². The molecule has 0 radical (unpaired) electrons. The second kappa shape index (κ2) is 4.56. The standard InChI is InChI=1S/C11H17OS/c1-9(2)12-10-7-5-6-8-11(10)13(3)4/h5-9H,1-4H3/q+1.